The third-order valence-electron chi connectivity index (χ3n) is 15.3. The molecule has 9 aromatic carbocycles. The number of nitrogens with zero attached hydrogens (tertiary/aromatic N) is 6. The van der Waals surface area contributed by atoms with Gasteiger partial charge in [-0.15, -0.1) is 29.5 Å². The van der Waals surface area contributed by atoms with Crippen LogP contribution in [-0.2, 0) is 69.2 Å². The van der Waals surface area contributed by atoms with E-state index in [0.29, 0.717) is 0 Å². The molecule has 2 aromatic heterocycles. The fourth-order valence-electron chi connectivity index (χ4n) is 10.9. The minimum absolute atomic E-state index is 0. The van der Waals surface area contributed by atoms with E-state index < -0.39 is 10.8 Å². The zero-order valence-electron chi connectivity index (χ0n) is 45.0. The van der Waals surface area contributed by atoms with Crippen LogP contribution in [0.25, 0.3) is 70.3 Å². The summed E-state index contributed by atoms with van der Waals surface area (Å²) in [5.74, 6) is 0. The topological polar surface area (TPSA) is 49.7 Å². The minimum atomic E-state index is -1.10. The standard InChI is InChI=1S/C23H18N2OS.C23H18N2O.C23H18N2S.3Rh/c1-16-24(2)21(15-25(16)18-8-4-3-5-9-18)17-12-13-23-20(14-17)19-10-6-7-11-22(19)27(23)26;2*1-16-24(2)21(15-25(16)18-8-4-3-5-9-18)17-12-13-23-20(14-17)19-10-6-7-11-22(19)26-23;;;/h3-8,10-16H,1H2,2H3;2*3-8,10-16H,1H2,2H3;;;/q3*-2;3*+2. The predicted molar refractivity (Wildman–Crippen MR) is 328 cm³/mol. The van der Waals surface area contributed by atoms with Crippen molar-refractivity contribution in [3.05, 3.63) is 274 Å². The Kier molecular flexibility index (Phi) is 17.4. The number of fused-ring (bicyclic) bond motifs is 9. The molecule has 8 nitrogen and oxygen atoms in total. The van der Waals surface area contributed by atoms with Crippen LogP contribution in [0, 0.1) is 39.0 Å². The third-order valence-corrected chi connectivity index (χ3v) is 18.0. The van der Waals surface area contributed by atoms with Crippen molar-refractivity contribution in [1.29, 1.82) is 0 Å². The summed E-state index contributed by atoms with van der Waals surface area (Å²) in [7, 11) is 5.12. The number of anilines is 3. The first kappa shape index (κ1) is 58.2. The molecule has 411 valence electrons. The molecule has 0 spiro atoms. The number of para-hydroxylation sites is 4. The third kappa shape index (κ3) is 10.6. The van der Waals surface area contributed by atoms with Crippen molar-refractivity contribution in [2.45, 2.75) is 28.3 Å². The molecule has 4 atom stereocenters. The van der Waals surface area contributed by atoms with Gasteiger partial charge < -0.3 is 54.6 Å². The van der Waals surface area contributed by atoms with Crippen LogP contribution in [-0.4, -0.2) is 58.5 Å². The fraction of sp³-hybridized carbons (Fsp3) is 0.0870. The molecule has 15 rings (SSSR count). The minimum Gasteiger partial charge on any atom is -0.456 e. The maximum absolute atomic E-state index is 12.7. The van der Waals surface area contributed by atoms with Gasteiger partial charge in [-0.2, -0.15) is 72.8 Å². The molecule has 11 aromatic rings. The molecule has 0 saturated carbocycles. The monoisotopic (exact) mass is 1370 g/mol. The van der Waals surface area contributed by atoms with Gasteiger partial charge in [0, 0.05) is 81.8 Å². The molecule has 0 aliphatic carbocycles. The van der Waals surface area contributed by atoms with E-state index in [-0.39, 0.29) is 76.9 Å². The molecule has 0 saturated heterocycles. The second-order valence-corrected chi connectivity index (χ2v) is 22.4. The number of benzene rings is 9. The Bertz CT molecular complexity index is 4040. The summed E-state index contributed by atoms with van der Waals surface area (Å²) in [5, 5.41) is 4.93. The van der Waals surface area contributed by atoms with Crippen LogP contribution in [0.15, 0.2) is 233 Å². The van der Waals surface area contributed by atoms with Gasteiger partial charge in [0.1, 0.15) is 11.2 Å². The molecule has 3 radical (unpaired) electrons. The molecule has 6 heterocycles. The largest absolute Gasteiger partial charge is 2.00 e. The van der Waals surface area contributed by atoms with Crippen molar-refractivity contribution in [3.8, 4) is 11.1 Å². The van der Waals surface area contributed by atoms with Crippen LogP contribution in [0.4, 0.5) is 17.1 Å². The fourth-order valence-corrected chi connectivity index (χ4v) is 13.4. The second kappa shape index (κ2) is 24.5. The van der Waals surface area contributed by atoms with E-state index in [0.717, 1.165) is 82.4 Å². The van der Waals surface area contributed by atoms with Crippen molar-refractivity contribution in [3.63, 3.8) is 0 Å². The van der Waals surface area contributed by atoms with Crippen LogP contribution < -0.4 is 14.7 Å². The van der Waals surface area contributed by atoms with Gasteiger partial charge in [0.05, 0.1) is 37.7 Å². The average molecular weight is 1370 g/mol. The number of rotatable bonds is 6. The quantitative estimate of drug-likeness (QED) is 0.121. The van der Waals surface area contributed by atoms with Crippen molar-refractivity contribution < 1.29 is 67.1 Å². The molecule has 0 bridgehead atoms. The van der Waals surface area contributed by atoms with Gasteiger partial charge in [-0.3, -0.25) is 0 Å². The van der Waals surface area contributed by atoms with Gasteiger partial charge in [0.2, 0.25) is 0 Å². The Labute approximate surface area is 525 Å². The van der Waals surface area contributed by atoms with Crippen LogP contribution in [0.3, 0.4) is 0 Å². The van der Waals surface area contributed by atoms with E-state index in [1.54, 1.807) is 0 Å². The van der Waals surface area contributed by atoms with Crippen molar-refractivity contribution in [2.75, 3.05) is 35.8 Å². The van der Waals surface area contributed by atoms with Crippen molar-refractivity contribution in [2.24, 2.45) is 0 Å². The first-order valence-electron chi connectivity index (χ1n) is 26.2. The van der Waals surface area contributed by atoms with Gasteiger partial charge >= 0.3 is 58.4 Å². The van der Waals surface area contributed by atoms with Crippen molar-refractivity contribution >= 4 is 98.4 Å². The zero-order valence-corrected chi connectivity index (χ0v) is 51.5. The van der Waals surface area contributed by atoms with Crippen LogP contribution in [0.2, 0.25) is 0 Å². The molecular weight excluding hydrogens is 1320 g/mol. The first-order valence-corrected chi connectivity index (χ1v) is 28.1. The van der Waals surface area contributed by atoms with Gasteiger partial charge in [-0.25, -0.2) is 4.21 Å². The van der Waals surface area contributed by atoms with E-state index >= 15 is 0 Å². The number of thiophene rings is 1. The summed E-state index contributed by atoms with van der Waals surface area (Å²) in [6.07, 6.45) is 6.39. The summed E-state index contributed by atoms with van der Waals surface area (Å²) in [5.41, 5.74) is 13.9. The number of hydrogen-bond donors (Lipinski definition) is 0. The summed E-state index contributed by atoms with van der Waals surface area (Å²) < 4.78 is 21.4. The van der Waals surface area contributed by atoms with Gasteiger partial charge in [-0.1, -0.05) is 83.8 Å². The molecular formula is C69H54N6O2Rh3S2. The molecule has 13 heteroatoms. The summed E-state index contributed by atoms with van der Waals surface area (Å²) >= 11 is 1.85. The van der Waals surface area contributed by atoms with E-state index in [9.17, 15) is 4.21 Å². The maximum atomic E-state index is 12.7. The average Bonchev–Trinajstić information content (AvgIpc) is 4.35. The summed E-state index contributed by atoms with van der Waals surface area (Å²) in [4.78, 5) is 14.8. The molecule has 4 unspecified atom stereocenters. The van der Waals surface area contributed by atoms with Crippen LogP contribution in [0.5, 0.6) is 0 Å². The maximum Gasteiger partial charge on any atom is 2.00 e. The second-order valence-electron chi connectivity index (χ2n) is 19.9. The molecule has 0 amide bonds. The van der Waals surface area contributed by atoms with Crippen molar-refractivity contribution in [1.82, 2.24) is 14.7 Å². The Morgan fingerprint density at radius 1 is 0.427 bits per heavy atom. The zero-order chi connectivity index (χ0) is 53.9. The molecule has 4 aliphatic heterocycles. The summed E-state index contributed by atoms with van der Waals surface area (Å²) in [6.45, 7) is 13.0. The van der Waals surface area contributed by atoms with E-state index in [4.69, 9.17) is 4.42 Å². The van der Waals surface area contributed by atoms with Gasteiger partial charge in [0.15, 0.2) is 0 Å². The molecule has 0 N–H and O–H groups in total. The Morgan fingerprint density at radius 3 is 1.41 bits per heavy atom. The van der Waals surface area contributed by atoms with Crippen LogP contribution >= 0.6 is 11.3 Å². The number of hydrogen-bond acceptors (Lipinski definition) is 9. The molecule has 4 aliphatic rings. The molecule has 0 fully saturated rings. The number of furan rings is 1. The van der Waals surface area contributed by atoms with E-state index in [1.165, 1.54) is 31.4 Å². The van der Waals surface area contributed by atoms with Crippen LogP contribution in [0.1, 0.15) is 16.7 Å². The first-order chi connectivity index (χ1) is 38.6. The Morgan fingerprint density at radius 2 is 0.854 bits per heavy atom. The normalized spacial score (nSPS) is 17.7. The van der Waals surface area contributed by atoms with Gasteiger partial charge in [0.25, 0.3) is 0 Å². The smallest absolute Gasteiger partial charge is 0.456 e. The Balaban J connectivity index is 0.000000135. The summed E-state index contributed by atoms with van der Waals surface area (Å²) in [6, 6.07) is 77.8. The van der Waals surface area contributed by atoms with E-state index in [2.05, 4.69) is 192 Å². The Hall–Kier alpha value is -6.96. The predicted octanol–water partition coefficient (Wildman–Crippen LogP) is 15.6. The molecule has 82 heavy (non-hydrogen) atoms. The van der Waals surface area contributed by atoms with E-state index in [1.807, 2.05) is 128 Å². The SMILES string of the molecule is [CH2-]C1N(C)C(c2ccc3c(c2)-c2ccccc2S3=O)=CN1c1[c-]cccc1.[CH2-]C1N(C)C(c2ccc3oc4ccccc4c3c2)=CN1c1[c-]cccc1.[CH2-]C1N(C)C(c2ccc3sc4ccccc4c3c2)=CN1c1[c-]cccc1.[Rh+2].[Rh+2].[Rh+2]. The van der Waals surface area contributed by atoms with Gasteiger partial charge in [-0.05, 0) is 95.9 Å².